The van der Waals surface area contributed by atoms with Crippen LogP contribution in [0.25, 0.3) is 0 Å². The van der Waals surface area contributed by atoms with Crippen LogP contribution in [0.15, 0.2) is 57.5 Å². The van der Waals surface area contributed by atoms with E-state index in [1.165, 1.54) is 0 Å². The van der Waals surface area contributed by atoms with Gasteiger partial charge in [0.05, 0.1) is 5.69 Å². The third kappa shape index (κ3) is 25.9. The second kappa shape index (κ2) is 35.9. The van der Waals surface area contributed by atoms with Crippen LogP contribution in [0.3, 0.4) is 0 Å². The molecule has 23 nitrogen and oxygen atoms in total. The normalized spacial score (nSPS) is 12.0. The number of rotatable bonds is 25. The Kier molecular flexibility index (Phi) is 32.3. The van der Waals surface area contributed by atoms with E-state index in [-0.39, 0.29) is 71.6 Å². The van der Waals surface area contributed by atoms with Crippen molar-refractivity contribution in [1.29, 1.82) is 0 Å². The number of nitrogen functional groups attached to an aromatic ring is 4. The molecule has 0 bridgehead atoms. The van der Waals surface area contributed by atoms with Crippen LogP contribution in [0.5, 0.6) is 0 Å². The van der Waals surface area contributed by atoms with Crippen LogP contribution in [0.2, 0.25) is 0 Å². The van der Waals surface area contributed by atoms with E-state index in [2.05, 4.69) is 125 Å². The highest BCUT2D eigenvalue weighted by Crippen LogP contribution is 2.29. The lowest BCUT2D eigenvalue weighted by Crippen LogP contribution is -2.45. The molecule has 0 heterocycles. The van der Waals surface area contributed by atoms with Gasteiger partial charge < -0.3 is 57.2 Å². The molecule has 0 atom stereocenters. The van der Waals surface area contributed by atoms with Gasteiger partial charge in [-0.05, 0) is 117 Å². The molecule has 0 radical (unpaired) electrons. The highest BCUT2D eigenvalue weighted by molar-refractivity contribution is 5.77. The molecule has 0 spiro atoms. The molecule has 0 aliphatic rings. The molecule has 0 fully saturated rings. The van der Waals surface area contributed by atoms with Crippen molar-refractivity contribution >= 4 is 62.6 Å². The zero-order valence-corrected chi connectivity index (χ0v) is 65.1. The predicted octanol–water partition coefficient (Wildman–Crippen LogP) is 7.84. The second-order valence-electron chi connectivity index (χ2n) is 33.5. The van der Waals surface area contributed by atoms with Crippen LogP contribution in [0.1, 0.15) is 209 Å². The quantitative estimate of drug-likeness (QED) is 0.0396. The summed E-state index contributed by atoms with van der Waals surface area (Å²) in [5.41, 5.74) is 22.7. The van der Waals surface area contributed by atoms with Crippen LogP contribution in [-0.4, -0.2) is 94.6 Å². The van der Waals surface area contributed by atoms with Crippen molar-refractivity contribution in [3.05, 3.63) is 128 Å². The Bertz CT molecular complexity index is 3900. The Hall–Kier alpha value is -7.72. The fourth-order valence-electron chi connectivity index (χ4n) is 10.4. The summed E-state index contributed by atoms with van der Waals surface area (Å²) in [6, 6.07) is 0. The minimum Gasteiger partial charge on any atom is -0.395 e. The second-order valence-corrected chi connectivity index (χ2v) is 33.5. The molecule has 0 aliphatic carbocycles. The molecule has 98 heavy (non-hydrogen) atoms. The molecule has 0 unspecified atom stereocenters. The first-order valence-corrected chi connectivity index (χ1v) is 34.5. The van der Waals surface area contributed by atoms with E-state index in [1.54, 1.807) is 35.8 Å². The van der Waals surface area contributed by atoms with E-state index >= 15 is 0 Å². The molecule has 552 valence electrons. The van der Waals surface area contributed by atoms with Gasteiger partial charge in [-0.25, -0.2) is 0 Å². The number of nitrogens with zero attached hydrogens (tertiary/aromatic N) is 7. The number of hydrogen-bond donors (Lipinski definition) is 4. The SMILES string of the molecule is CC(C)(C)CCCc1c(N)c(=O)c1=O.CCN(C)c1c(N(C)CCC(C)(C)C)c(=O)c1=O.CCN(CC)c1c(N(C)CCC(C)(C)C)c(=O)c1=O.CN(CCC(C)(C)C)c1c(N)c(=O)c1=O.CN(CCCC(C)(C)C)c1c(N)c(=O)c1=O.CN(CCCC(C)(C)C)c1c(N)c(=O)c1=O. The van der Waals surface area contributed by atoms with E-state index in [9.17, 15) is 57.5 Å². The van der Waals surface area contributed by atoms with Crippen molar-refractivity contribution < 1.29 is 0 Å². The molecule has 0 saturated carbocycles. The van der Waals surface area contributed by atoms with Gasteiger partial charge in [-0.1, -0.05) is 125 Å². The van der Waals surface area contributed by atoms with Gasteiger partial charge in [0.25, 0.3) is 54.3 Å². The van der Waals surface area contributed by atoms with Crippen molar-refractivity contribution in [2.75, 3.05) is 152 Å². The molecule has 0 saturated heterocycles. The lowest BCUT2D eigenvalue weighted by molar-refractivity contribution is 0.365. The smallest absolute Gasteiger partial charge is 0.253 e. The standard InChI is InChI=1S/C15H26N2O2.C14H24N2O2.2C12H20N2O2.C11H18N2O2.C11H17NO2/c1-7-17(8-2)12-11(13(18)14(12)19)16(6)10-9-15(3,4)5;1-7-15(5)10-11(13(18)12(10)17)16(6)9-8-14(2,3)4;2*1-12(2,3)6-5-7-14(4)9-8(13)10(15)11(9)16;1-11(2,3)5-6-13(4)8-7(12)9(14)10(8)15;1-11(2,3)6-4-5-7-8(12)10(14)9(7)13/h7-10H2,1-6H3;7-9H2,1-6H3;2*5-7,13H2,1-4H3;5-6,12H2,1-4H3;4-6,12H2,1-3H3. The van der Waals surface area contributed by atoms with Crippen molar-refractivity contribution in [2.24, 2.45) is 32.5 Å². The third-order valence-electron chi connectivity index (χ3n) is 17.2. The van der Waals surface area contributed by atoms with Gasteiger partial charge >= 0.3 is 0 Å². The maximum absolute atomic E-state index is 11.8. The highest BCUT2D eigenvalue weighted by Gasteiger charge is 2.30. The first kappa shape index (κ1) is 88.3. The number of hydrogen-bond acceptors (Lipinski definition) is 23. The number of anilines is 11. The monoisotopic (exact) mass is 1370 g/mol. The van der Waals surface area contributed by atoms with E-state index in [4.69, 9.17) is 22.9 Å². The highest BCUT2D eigenvalue weighted by atomic mass is 16.2. The van der Waals surface area contributed by atoms with Gasteiger partial charge in [0, 0.05) is 100 Å². The fraction of sp³-hybridized carbons (Fsp3) is 0.680. The summed E-state index contributed by atoms with van der Waals surface area (Å²) >= 11 is 0. The zero-order chi connectivity index (χ0) is 76.6. The fourth-order valence-corrected chi connectivity index (χ4v) is 10.4. The van der Waals surface area contributed by atoms with Crippen LogP contribution in [0.4, 0.5) is 62.6 Å². The summed E-state index contributed by atoms with van der Waals surface area (Å²) in [7, 11) is 11.0. The van der Waals surface area contributed by atoms with Crippen molar-refractivity contribution in [2.45, 2.75) is 210 Å². The van der Waals surface area contributed by atoms with Crippen LogP contribution < -0.4 is 122 Å². The molecule has 6 aromatic carbocycles. The van der Waals surface area contributed by atoms with Crippen LogP contribution in [0, 0.1) is 32.5 Å². The van der Waals surface area contributed by atoms with E-state index in [0.29, 0.717) is 62.6 Å². The van der Waals surface area contributed by atoms with Gasteiger partial charge in [-0.3, -0.25) is 57.5 Å². The average Bonchev–Trinajstić information content (AvgIpc) is 0.778. The summed E-state index contributed by atoms with van der Waals surface area (Å²) in [5, 5.41) is 0. The Labute approximate surface area is 582 Å². The molecule has 6 aromatic rings. The molecule has 8 N–H and O–H groups in total. The lowest BCUT2D eigenvalue weighted by atomic mass is 9.88. The van der Waals surface area contributed by atoms with Crippen molar-refractivity contribution in [3.8, 4) is 0 Å². The topological polar surface area (TPSA) is 332 Å². The van der Waals surface area contributed by atoms with Gasteiger partial charge in [0.1, 0.15) is 56.9 Å². The van der Waals surface area contributed by atoms with Gasteiger partial charge in [0.15, 0.2) is 0 Å². The first-order chi connectivity index (χ1) is 44.5. The van der Waals surface area contributed by atoms with Gasteiger partial charge in [0.2, 0.25) is 10.9 Å². The molecular weight excluding hydrogens is 1250 g/mol. The Morgan fingerprint density at radius 1 is 0.245 bits per heavy atom. The number of nitrogens with two attached hydrogens (primary N) is 4. The summed E-state index contributed by atoms with van der Waals surface area (Å²) in [4.78, 5) is 148. The zero-order valence-electron chi connectivity index (χ0n) is 65.1. The van der Waals surface area contributed by atoms with E-state index in [1.807, 2.05) is 61.5 Å². The van der Waals surface area contributed by atoms with E-state index in [0.717, 1.165) is 110 Å². The molecule has 23 heteroatoms. The molecular formula is C75H125N11O12. The van der Waals surface area contributed by atoms with Gasteiger partial charge in [-0.2, -0.15) is 0 Å². The van der Waals surface area contributed by atoms with Crippen molar-refractivity contribution in [3.63, 3.8) is 0 Å². The van der Waals surface area contributed by atoms with Crippen LogP contribution in [-0.2, 0) is 6.42 Å². The van der Waals surface area contributed by atoms with Crippen molar-refractivity contribution in [1.82, 2.24) is 0 Å². The summed E-state index contributed by atoms with van der Waals surface area (Å²) < 4.78 is 0. The molecule has 0 aromatic heterocycles. The minimum atomic E-state index is -0.549. The Balaban J connectivity index is 0.000000590. The Morgan fingerprint density at radius 2 is 0.469 bits per heavy atom. The lowest BCUT2D eigenvalue weighted by Gasteiger charge is -2.31. The van der Waals surface area contributed by atoms with Crippen LogP contribution >= 0.6 is 0 Å². The predicted molar refractivity (Wildman–Crippen MR) is 417 cm³/mol. The van der Waals surface area contributed by atoms with Gasteiger partial charge in [-0.15, -0.1) is 0 Å². The summed E-state index contributed by atoms with van der Waals surface area (Å²) in [6.45, 7) is 51.0. The molecule has 0 amide bonds. The maximum atomic E-state index is 11.8. The largest absolute Gasteiger partial charge is 0.395 e. The molecule has 6 rings (SSSR count). The summed E-state index contributed by atoms with van der Waals surface area (Å²) in [6.07, 6.45) is 9.63. The average molecular weight is 1370 g/mol. The maximum Gasteiger partial charge on any atom is 0.253 e. The minimum absolute atomic E-state index is 0.108. The van der Waals surface area contributed by atoms with E-state index < -0.39 is 38.0 Å². The third-order valence-corrected chi connectivity index (χ3v) is 17.2. The Morgan fingerprint density at radius 3 is 0.724 bits per heavy atom. The summed E-state index contributed by atoms with van der Waals surface area (Å²) in [5.74, 6) is 0. The first-order valence-electron chi connectivity index (χ1n) is 34.5. The molecule has 0 aliphatic heterocycles.